The van der Waals surface area contributed by atoms with Crippen LogP contribution in [0.25, 0.3) is 0 Å². The Hall–Kier alpha value is -2.77. The normalized spacial score (nSPS) is 19.2. The predicted octanol–water partition coefficient (Wildman–Crippen LogP) is 3.70. The molecule has 28 heavy (non-hydrogen) atoms. The highest BCUT2D eigenvalue weighted by Gasteiger charge is 2.50. The van der Waals surface area contributed by atoms with Crippen LogP contribution in [-0.4, -0.2) is 46.3 Å². The number of carbonyl (C=O) groups excluding carboxylic acids is 3. The molecule has 8 nitrogen and oxygen atoms in total. The third-order valence-corrected chi connectivity index (χ3v) is 3.80. The van der Waals surface area contributed by atoms with E-state index in [0.29, 0.717) is 11.3 Å². The molecule has 0 radical (unpaired) electrons. The van der Waals surface area contributed by atoms with Gasteiger partial charge in [-0.3, -0.25) is 4.79 Å². The number of hydrogen-bond acceptors (Lipinski definition) is 6. The number of nitrogens with one attached hydrogen (secondary N) is 1. The number of carbonyl (C=O) groups is 3. The smallest absolute Gasteiger partial charge is 0.430 e. The van der Waals surface area contributed by atoms with Gasteiger partial charge in [0.05, 0.1) is 5.56 Å². The van der Waals surface area contributed by atoms with Crippen molar-refractivity contribution in [2.45, 2.75) is 65.2 Å². The largest absolute Gasteiger partial charge is 0.490 e. The van der Waals surface area contributed by atoms with E-state index in [1.165, 1.54) is 6.92 Å². The Kier molecular flexibility index (Phi) is 5.64. The summed E-state index contributed by atoms with van der Waals surface area (Å²) in [4.78, 5) is 38.4. The quantitative estimate of drug-likeness (QED) is 0.733. The third-order valence-electron chi connectivity index (χ3n) is 3.80. The molecule has 0 aliphatic carbocycles. The third kappa shape index (κ3) is 4.94. The van der Waals surface area contributed by atoms with Gasteiger partial charge in [0.1, 0.15) is 23.6 Å². The van der Waals surface area contributed by atoms with Crippen LogP contribution in [0.5, 0.6) is 5.75 Å². The van der Waals surface area contributed by atoms with Gasteiger partial charge >= 0.3 is 12.2 Å². The first-order valence-corrected chi connectivity index (χ1v) is 9.02. The fourth-order valence-corrected chi connectivity index (χ4v) is 2.59. The van der Waals surface area contributed by atoms with Crippen LogP contribution in [0.3, 0.4) is 0 Å². The molecule has 0 saturated heterocycles. The number of benzene rings is 1. The lowest BCUT2D eigenvalue weighted by atomic mass is 9.88. The average Bonchev–Trinajstić information content (AvgIpc) is 2.53. The molecule has 1 aliphatic heterocycles. The summed E-state index contributed by atoms with van der Waals surface area (Å²) in [6, 6.07) is 6.73. The molecule has 0 bridgehead atoms. The van der Waals surface area contributed by atoms with Crippen molar-refractivity contribution in [3.63, 3.8) is 0 Å². The van der Waals surface area contributed by atoms with E-state index in [1.807, 2.05) is 0 Å². The molecule has 2 amide bonds. The van der Waals surface area contributed by atoms with Gasteiger partial charge in [0.15, 0.2) is 11.3 Å². The highest BCUT2D eigenvalue weighted by molar-refractivity contribution is 6.07. The minimum Gasteiger partial charge on any atom is -0.490 e. The highest BCUT2D eigenvalue weighted by Crippen LogP contribution is 2.32. The van der Waals surface area contributed by atoms with Crippen molar-refractivity contribution in [1.29, 1.82) is 0 Å². The van der Waals surface area contributed by atoms with Crippen LogP contribution < -0.4 is 10.2 Å². The van der Waals surface area contributed by atoms with E-state index < -0.39 is 28.9 Å². The minimum absolute atomic E-state index is 0.155. The topological polar surface area (TPSA) is 94.2 Å². The second-order valence-electron chi connectivity index (χ2n) is 8.82. The average molecular weight is 392 g/mol. The van der Waals surface area contributed by atoms with E-state index >= 15 is 0 Å². The lowest BCUT2D eigenvalue weighted by Crippen LogP contribution is -2.66. The van der Waals surface area contributed by atoms with Gasteiger partial charge in [-0.2, -0.15) is 5.01 Å². The van der Waals surface area contributed by atoms with Gasteiger partial charge < -0.3 is 14.2 Å². The molecule has 1 aliphatic rings. The number of ether oxygens (including phenoxy) is 3. The molecule has 1 heterocycles. The Morgan fingerprint density at radius 3 is 2.21 bits per heavy atom. The Morgan fingerprint density at radius 2 is 1.64 bits per heavy atom. The summed E-state index contributed by atoms with van der Waals surface area (Å²) in [5.41, 5.74) is -0.463. The van der Waals surface area contributed by atoms with E-state index in [0.717, 1.165) is 5.01 Å². The first-order chi connectivity index (χ1) is 12.7. The van der Waals surface area contributed by atoms with Crippen molar-refractivity contribution in [1.82, 2.24) is 10.4 Å². The van der Waals surface area contributed by atoms with Crippen molar-refractivity contribution in [3.8, 4) is 5.75 Å². The second kappa shape index (κ2) is 7.33. The van der Waals surface area contributed by atoms with Crippen molar-refractivity contribution < 1.29 is 28.6 Å². The molecule has 8 heteroatoms. The molecule has 1 N–H and O–H groups in total. The van der Waals surface area contributed by atoms with Crippen molar-refractivity contribution in [2.75, 3.05) is 6.61 Å². The predicted molar refractivity (Wildman–Crippen MR) is 102 cm³/mol. The highest BCUT2D eigenvalue weighted by atomic mass is 16.6. The molecule has 0 saturated carbocycles. The Morgan fingerprint density at radius 1 is 1.07 bits per heavy atom. The fraction of sp³-hybridized carbons (Fsp3) is 0.550. The Labute approximate surface area is 165 Å². The van der Waals surface area contributed by atoms with Gasteiger partial charge in [0.25, 0.3) is 0 Å². The first kappa shape index (κ1) is 21.5. The summed E-state index contributed by atoms with van der Waals surface area (Å²) in [6.45, 7) is 11.5. The van der Waals surface area contributed by atoms with Gasteiger partial charge in [0, 0.05) is 0 Å². The Bertz CT molecular complexity index is 778. The lowest BCUT2D eigenvalue weighted by Gasteiger charge is -2.42. The summed E-state index contributed by atoms with van der Waals surface area (Å²) in [5.74, 6) is 0.0441. The fourth-order valence-electron chi connectivity index (χ4n) is 2.59. The van der Waals surface area contributed by atoms with E-state index in [4.69, 9.17) is 14.2 Å². The lowest BCUT2D eigenvalue weighted by molar-refractivity contribution is -0.0338. The molecular weight excluding hydrogens is 364 g/mol. The van der Waals surface area contributed by atoms with Crippen LogP contribution in [0.15, 0.2) is 24.3 Å². The molecule has 0 unspecified atom stereocenters. The summed E-state index contributed by atoms with van der Waals surface area (Å²) >= 11 is 0. The molecule has 1 aromatic carbocycles. The monoisotopic (exact) mass is 392 g/mol. The van der Waals surface area contributed by atoms with Gasteiger partial charge in [-0.15, -0.1) is 0 Å². The number of ketones is 1. The number of amides is 2. The zero-order valence-electron chi connectivity index (χ0n) is 17.4. The summed E-state index contributed by atoms with van der Waals surface area (Å²) in [5, 5.41) is 0.852. The molecule has 1 aromatic rings. The molecule has 0 fully saturated rings. The first-order valence-electron chi connectivity index (χ1n) is 9.02. The molecule has 2 rings (SSSR count). The zero-order valence-corrected chi connectivity index (χ0v) is 17.4. The van der Waals surface area contributed by atoms with Crippen LogP contribution in [0.1, 0.15) is 58.8 Å². The number of para-hydroxylation sites is 1. The van der Waals surface area contributed by atoms with Crippen molar-refractivity contribution in [2.24, 2.45) is 0 Å². The van der Waals surface area contributed by atoms with Crippen molar-refractivity contribution >= 4 is 18.0 Å². The van der Waals surface area contributed by atoms with Crippen LogP contribution in [0.4, 0.5) is 9.59 Å². The maximum atomic E-state index is 13.2. The van der Waals surface area contributed by atoms with Crippen LogP contribution in [-0.2, 0) is 9.47 Å². The molecule has 1 atom stereocenters. The van der Waals surface area contributed by atoms with Gasteiger partial charge in [-0.1, -0.05) is 12.1 Å². The second-order valence-corrected chi connectivity index (χ2v) is 8.82. The number of rotatable bonds is 1. The molecule has 0 aromatic heterocycles. The van der Waals surface area contributed by atoms with Crippen LogP contribution >= 0.6 is 0 Å². The van der Waals surface area contributed by atoms with Gasteiger partial charge in [-0.05, 0) is 60.6 Å². The SMILES string of the molecule is CC(C)(C)OC(=O)NN(C(=O)OC(C)(C)C)[C@]1(C)COc2ccccc2C1=O. The maximum absolute atomic E-state index is 13.2. The van der Waals surface area contributed by atoms with E-state index in [9.17, 15) is 14.4 Å². The summed E-state index contributed by atoms with van der Waals surface area (Å²) in [6.07, 6.45) is -1.77. The maximum Gasteiger partial charge on any atom is 0.430 e. The number of fused-ring (bicyclic) bond motifs is 1. The minimum atomic E-state index is -1.52. The Balaban J connectivity index is 2.39. The molecular formula is C20H28N2O6. The summed E-state index contributed by atoms with van der Waals surface area (Å²) in [7, 11) is 0. The standard InChI is InChI=1S/C20H28N2O6/c1-18(2,3)27-16(24)21-22(17(25)28-19(4,5)6)20(7)12-26-14-11-9-8-10-13(14)15(20)23/h8-11H,12H2,1-7H3,(H,21,24)/t20-/m1/s1. The molecule has 0 spiro atoms. The van der Waals surface area contributed by atoms with Gasteiger partial charge in [-0.25, -0.2) is 15.0 Å². The molecule has 154 valence electrons. The van der Waals surface area contributed by atoms with E-state index in [1.54, 1.807) is 65.8 Å². The van der Waals surface area contributed by atoms with Gasteiger partial charge in [0.2, 0.25) is 0 Å². The number of hydrazine groups is 1. The zero-order chi connectivity index (χ0) is 21.3. The van der Waals surface area contributed by atoms with Crippen molar-refractivity contribution in [3.05, 3.63) is 29.8 Å². The summed E-state index contributed by atoms with van der Waals surface area (Å²) < 4.78 is 16.3. The number of Topliss-reactive ketones (excluding diaryl/α,β-unsaturated/α-hetero) is 1. The number of nitrogens with zero attached hydrogens (tertiary/aromatic N) is 1. The van der Waals surface area contributed by atoms with Crippen LogP contribution in [0, 0.1) is 0 Å². The van der Waals surface area contributed by atoms with E-state index in [2.05, 4.69) is 5.43 Å². The van der Waals surface area contributed by atoms with E-state index in [-0.39, 0.29) is 12.4 Å². The number of hydrogen-bond donors (Lipinski definition) is 1. The van der Waals surface area contributed by atoms with Crippen LogP contribution in [0.2, 0.25) is 0 Å².